The van der Waals surface area contributed by atoms with Gasteiger partial charge in [-0.1, -0.05) is 19.4 Å². The van der Waals surface area contributed by atoms with Gasteiger partial charge in [0.15, 0.2) is 0 Å². The first-order valence-corrected chi connectivity index (χ1v) is 14.0. The normalized spacial score (nSPS) is 35.5. The van der Waals surface area contributed by atoms with Crippen molar-refractivity contribution in [1.29, 1.82) is 0 Å². The Kier molecular flexibility index (Phi) is 8.29. The summed E-state index contributed by atoms with van der Waals surface area (Å²) < 4.78 is 106. The standard InChI is InChI=1S/C28H36F6O5/c1-2-13-25-16-36-27(38-25,37-17-25)21-8-3-18(4-9-21)15-35-22-10-5-19(6-11-22)20-7-12-23(24(29)14-20)26(30,31)39-28(32,33)34/h7,12,14,18-19,21-22H,2-6,8-11,13,15-17H2,1H3. The zero-order valence-corrected chi connectivity index (χ0v) is 22.0. The van der Waals surface area contributed by atoms with E-state index >= 15 is 0 Å². The molecule has 2 aliphatic carbocycles. The largest absolute Gasteiger partial charge is 0.527 e. The van der Waals surface area contributed by atoms with Crippen LogP contribution in [0.25, 0.3) is 0 Å². The molecule has 0 N–H and O–H groups in total. The molecule has 2 heterocycles. The Morgan fingerprint density at radius 2 is 1.59 bits per heavy atom. The number of benzene rings is 1. The van der Waals surface area contributed by atoms with E-state index in [0.29, 0.717) is 50.2 Å². The molecule has 0 radical (unpaired) electrons. The highest BCUT2D eigenvalue weighted by molar-refractivity contribution is 5.29. The van der Waals surface area contributed by atoms with Crippen LogP contribution in [0.15, 0.2) is 18.2 Å². The van der Waals surface area contributed by atoms with E-state index in [1.165, 1.54) is 6.07 Å². The highest BCUT2D eigenvalue weighted by Gasteiger charge is 2.62. The molecule has 2 saturated heterocycles. The minimum atomic E-state index is -5.59. The molecule has 0 amide bonds. The summed E-state index contributed by atoms with van der Waals surface area (Å²) in [6, 6.07) is 2.83. The van der Waals surface area contributed by atoms with Crippen LogP contribution in [0.2, 0.25) is 0 Å². The van der Waals surface area contributed by atoms with Crippen LogP contribution in [0, 0.1) is 17.7 Å². The van der Waals surface area contributed by atoms with Crippen LogP contribution in [-0.4, -0.2) is 43.9 Å². The van der Waals surface area contributed by atoms with Gasteiger partial charge in [0.25, 0.3) is 5.97 Å². The average Bonchev–Trinajstić information content (AvgIpc) is 3.44. The third kappa shape index (κ3) is 6.42. The Labute approximate surface area is 224 Å². The summed E-state index contributed by atoms with van der Waals surface area (Å²) in [6.45, 7) is 4.00. The van der Waals surface area contributed by atoms with E-state index in [4.69, 9.17) is 18.9 Å². The maximum Gasteiger partial charge on any atom is 0.527 e. The fourth-order valence-electron chi connectivity index (χ4n) is 6.68. The van der Waals surface area contributed by atoms with Gasteiger partial charge in [-0.15, -0.1) is 13.2 Å². The highest BCUT2D eigenvalue weighted by atomic mass is 19.4. The Morgan fingerprint density at radius 1 is 0.923 bits per heavy atom. The van der Waals surface area contributed by atoms with Crippen molar-refractivity contribution in [3.63, 3.8) is 0 Å². The van der Waals surface area contributed by atoms with E-state index < -0.39 is 29.8 Å². The van der Waals surface area contributed by atoms with E-state index in [1.807, 2.05) is 0 Å². The molecule has 5 rings (SSSR count). The summed E-state index contributed by atoms with van der Waals surface area (Å²) in [5.74, 6) is -1.70. The summed E-state index contributed by atoms with van der Waals surface area (Å²) in [6.07, 6.45) is -1.58. The fraction of sp³-hybridized carbons (Fsp3) is 0.786. The van der Waals surface area contributed by atoms with Crippen LogP contribution in [0.1, 0.15) is 88.2 Å². The lowest BCUT2D eigenvalue weighted by molar-refractivity contribution is -0.432. The van der Waals surface area contributed by atoms with Crippen LogP contribution in [0.4, 0.5) is 26.3 Å². The third-order valence-electron chi connectivity index (χ3n) is 8.75. The van der Waals surface area contributed by atoms with Crippen molar-refractivity contribution in [2.75, 3.05) is 19.8 Å². The molecule has 1 aromatic carbocycles. The van der Waals surface area contributed by atoms with Gasteiger partial charge < -0.3 is 18.9 Å². The van der Waals surface area contributed by atoms with Gasteiger partial charge in [0.2, 0.25) is 0 Å². The number of halogens is 6. The van der Waals surface area contributed by atoms with Crippen molar-refractivity contribution >= 4 is 0 Å². The molecule has 4 aliphatic rings. The molecule has 1 aromatic rings. The van der Waals surface area contributed by atoms with E-state index in [-0.39, 0.29) is 23.5 Å². The molecule has 0 unspecified atom stereocenters. The molecule has 220 valence electrons. The van der Waals surface area contributed by atoms with Gasteiger partial charge in [-0.3, -0.25) is 0 Å². The number of fused-ring (bicyclic) bond motifs is 2. The van der Waals surface area contributed by atoms with Gasteiger partial charge >= 0.3 is 12.5 Å². The first-order valence-electron chi connectivity index (χ1n) is 14.0. The van der Waals surface area contributed by atoms with Crippen molar-refractivity contribution < 1.29 is 50.0 Å². The molecule has 0 aromatic heterocycles. The SMILES string of the molecule is CCCC12COC(C3CCC(COC4CCC(c5ccc(C(F)(F)OC(F)(F)F)c(F)c5)CC4)CC3)(OC1)O2. The minimum Gasteiger partial charge on any atom is -0.378 e. The lowest BCUT2D eigenvalue weighted by Crippen LogP contribution is -2.42. The van der Waals surface area contributed by atoms with Gasteiger partial charge in [-0.05, 0) is 87.3 Å². The zero-order chi connectivity index (χ0) is 27.9. The molecular weight excluding hydrogens is 530 g/mol. The number of hydrogen-bond acceptors (Lipinski definition) is 5. The molecule has 0 atom stereocenters. The van der Waals surface area contributed by atoms with Crippen molar-refractivity contribution in [3.05, 3.63) is 35.1 Å². The summed E-state index contributed by atoms with van der Waals surface area (Å²) in [5.41, 5.74) is -1.22. The van der Waals surface area contributed by atoms with Crippen LogP contribution in [0.3, 0.4) is 0 Å². The summed E-state index contributed by atoms with van der Waals surface area (Å²) in [4.78, 5) is 0. The molecule has 2 saturated carbocycles. The predicted molar refractivity (Wildman–Crippen MR) is 127 cm³/mol. The van der Waals surface area contributed by atoms with E-state index in [9.17, 15) is 26.3 Å². The number of hydrogen-bond donors (Lipinski definition) is 0. The van der Waals surface area contributed by atoms with Gasteiger partial charge in [-0.25, -0.2) is 9.13 Å². The zero-order valence-electron chi connectivity index (χ0n) is 22.0. The Hall–Kier alpha value is -1.40. The minimum absolute atomic E-state index is 0.0699. The summed E-state index contributed by atoms with van der Waals surface area (Å²) in [5, 5.41) is 0. The molecular formula is C28H36F6O5. The number of ether oxygens (including phenoxy) is 5. The first kappa shape index (κ1) is 29.1. The maximum atomic E-state index is 14.3. The molecule has 0 spiro atoms. The quantitative estimate of drug-likeness (QED) is 0.289. The van der Waals surface area contributed by atoms with Crippen LogP contribution in [-0.2, 0) is 29.8 Å². The van der Waals surface area contributed by atoms with E-state index in [0.717, 1.165) is 57.4 Å². The molecule has 4 fully saturated rings. The third-order valence-corrected chi connectivity index (χ3v) is 8.75. The Balaban J connectivity index is 1.05. The first-order chi connectivity index (χ1) is 18.4. The molecule has 5 nitrogen and oxygen atoms in total. The summed E-state index contributed by atoms with van der Waals surface area (Å²) >= 11 is 0. The van der Waals surface area contributed by atoms with Gasteiger partial charge in [-0.2, -0.15) is 8.78 Å². The molecule has 11 heteroatoms. The topological polar surface area (TPSA) is 46.2 Å². The smallest absolute Gasteiger partial charge is 0.378 e. The van der Waals surface area contributed by atoms with Crippen molar-refractivity contribution in [1.82, 2.24) is 0 Å². The second-order valence-corrected chi connectivity index (χ2v) is 11.5. The van der Waals surface area contributed by atoms with Crippen molar-refractivity contribution in [3.8, 4) is 0 Å². The van der Waals surface area contributed by atoms with Crippen LogP contribution >= 0.6 is 0 Å². The predicted octanol–water partition coefficient (Wildman–Crippen LogP) is 7.53. The van der Waals surface area contributed by atoms with Gasteiger partial charge in [0, 0.05) is 12.5 Å². The highest BCUT2D eigenvalue weighted by Crippen LogP contribution is 2.51. The maximum absolute atomic E-state index is 14.3. The molecule has 2 bridgehead atoms. The van der Waals surface area contributed by atoms with Gasteiger partial charge in [0.05, 0.1) is 24.9 Å². The molecule has 2 aliphatic heterocycles. The lowest BCUT2D eigenvalue weighted by atomic mass is 9.80. The second kappa shape index (κ2) is 11.1. The van der Waals surface area contributed by atoms with E-state index in [1.54, 1.807) is 0 Å². The van der Waals surface area contributed by atoms with Crippen LogP contribution < -0.4 is 0 Å². The number of alkyl halides is 5. The number of rotatable bonds is 9. The lowest BCUT2D eigenvalue weighted by Gasteiger charge is -2.37. The van der Waals surface area contributed by atoms with Crippen molar-refractivity contribution in [2.45, 2.75) is 107 Å². The summed E-state index contributed by atoms with van der Waals surface area (Å²) in [7, 11) is 0. The molecule has 39 heavy (non-hydrogen) atoms. The average molecular weight is 567 g/mol. The fourth-order valence-corrected chi connectivity index (χ4v) is 6.68. The Morgan fingerprint density at radius 3 is 2.18 bits per heavy atom. The van der Waals surface area contributed by atoms with Crippen LogP contribution in [0.5, 0.6) is 0 Å². The van der Waals surface area contributed by atoms with E-state index in [2.05, 4.69) is 11.7 Å². The monoisotopic (exact) mass is 566 g/mol. The second-order valence-electron chi connectivity index (χ2n) is 11.5. The van der Waals surface area contributed by atoms with Gasteiger partial charge in [0.1, 0.15) is 11.4 Å². The Bertz CT molecular complexity index is 977. The van der Waals surface area contributed by atoms with Crippen molar-refractivity contribution in [2.24, 2.45) is 11.8 Å².